The summed E-state index contributed by atoms with van der Waals surface area (Å²) in [5.41, 5.74) is 4.30. The maximum Gasteiger partial charge on any atom is 0.338 e. The standard InChI is InChI=1S/C34H32BrClN2O5S/c1-6-42-33(40)29-20(4)37-34-38(30(29)24-11-9-23(10-12-24)19(2)3)32(39)28(44-34)17-22-15-26(35)31(27(16-22)41-5)43-18-21-7-13-25(36)14-8-21/h7-17,19,30H,6,18H2,1-5H3/b28-17-/t30-/m1/s1. The first-order valence-corrected chi connectivity index (χ1v) is 16.1. The van der Waals surface area contributed by atoms with Gasteiger partial charge in [0, 0.05) is 5.02 Å². The second-order valence-electron chi connectivity index (χ2n) is 10.6. The third-order valence-corrected chi connectivity index (χ3v) is 9.11. The summed E-state index contributed by atoms with van der Waals surface area (Å²) >= 11 is 10.9. The minimum absolute atomic E-state index is 0.217. The third-order valence-electron chi connectivity index (χ3n) is 7.28. The van der Waals surface area contributed by atoms with Crippen molar-refractivity contribution in [1.29, 1.82) is 0 Å². The number of esters is 1. The van der Waals surface area contributed by atoms with Gasteiger partial charge in [0.15, 0.2) is 16.3 Å². The Hall–Kier alpha value is -3.66. The Morgan fingerprint density at radius 3 is 2.48 bits per heavy atom. The Labute approximate surface area is 273 Å². The number of aromatic nitrogens is 1. The van der Waals surface area contributed by atoms with Gasteiger partial charge in [-0.25, -0.2) is 9.79 Å². The number of hydrogen-bond donors (Lipinski definition) is 0. The molecular weight excluding hydrogens is 664 g/mol. The molecule has 4 aromatic rings. The summed E-state index contributed by atoms with van der Waals surface area (Å²) in [7, 11) is 1.57. The lowest BCUT2D eigenvalue weighted by atomic mass is 9.93. The molecule has 2 heterocycles. The van der Waals surface area contributed by atoms with Gasteiger partial charge < -0.3 is 14.2 Å². The molecule has 1 atom stereocenters. The molecule has 1 aliphatic rings. The van der Waals surface area contributed by atoms with Crippen LogP contribution >= 0.6 is 38.9 Å². The molecule has 0 radical (unpaired) electrons. The zero-order valence-corrected chi connectivity index (χ0v) is 28.2. The van der Waals surface area contributed by atoms with Crippen LogP contribution in [0.5, 0.6) is 11.5 Å². The molecule has 0 fully saturated rings. The van der Waals surface area contributed by atoms with Gasteiger partial charge in [-0.3, -0.25) is 9.36 Å². The zero-order valence-electron chi connectivity index (χ0n) is 25.0. The number of nitrogens with zero attached hydrogens (tertiary/aromatic N) is 2. The van der Waals surface area contributed by atoms with Gasteiger partial charge in [0.25, 0.3) is 5.56 Å². The predicted molar refractivity (Wildman–Crippen MR) is 177 cm³/mol. The van der Waals surface area contributed by atoms with Crippen LogP contribution in [0.4, 0.5) is 0 Å². The van der Waals surface area contributed by atoms with E-state index in [0.717, 1.165) is 16.7 Å². The van der Waals surface area contributed by atoms with E-state index in [4.69, 9.17) is 25.8 Å². The molecule has 0 unspecified atom stereocenters. The zero-order chi connectivity index (χ0) is 31.5. The van der Waals surface area contributed by atoms with Crippen LogP contribution in [-0.4, -0.2) is 24.3 Å². The number of ether oxygens (including phenoxy) is 3. The Bertz CT molecular complexity index is 1910. The molecule has 10 heteroatoms. The topological polar surface area (TPSA) is 79.1 Å². The van der Waals surface area contributed by atoms with E-state index in [1.165, 1.54) is 16.9 Å². The normalized spacial score (nSPS) is 14.8. The molecule has 0 spiro atoms. The van der Waals surface area contributed by atoms with E-state index in [0.29, 0.717) is 54.1 Å². The number of allylic oxidation sites excluding steroid dienone is 1. The lowest BCUT2D eigenvalue weighted by Gasteiger charge is -2.25. The summed E-state index contributed by atoms with van der Waals surface area (Å²) < 4.78 is 19.9. The summed E-state index contributed by atoms with van der Waals surface area (Å²) in [6, 6.07) is 18.5. The van der Waals surface area contributed by atoms with Crippen molar-refractivity contribution in [1.82, 2.24) is 4.57 Å². The smallest absolute Gasteiger partial charge is 0.338 e. The van der Waals surface area contributed by atoms with Gasteiger partial charge in [-0.05, 0) is 88.3 Å². The maximum atomic E-state index is 14.0. The Morgan fingerprint density at radius 2 is 1.84 bits per heavy atom. The van der Waals surface area contributed by atoms with Crippen molar-refractivity contribution in [2.45, 2.75) is 46.3 Å². The van der Waals surface area contributed by atoms with E-state index in [1.807, 2.05) is 60.7 Å². The fourth-order valence-corrected chi connectivity index (χ4v) is 6.77. The minimum atomic E-state index is -0.668. The summed E-state index contributed by atoms with van der Waals surface area (Å²) in [5.74, 6) is 0.915. The fourth-order valence-electron chi connectivity index (χ4n) is 5.02. The molecular formula is C34H32BrClN2O5S. The Kier molecular flexibility index (Phi) is 9.78. The van der Waals surface area contributed by atoms with Gasteiger partial charge >= 0.3 is 5.97 Å². The molecule has 0 aliphatic carbocycles. The van der Waals surface area contributed by atoms with Gasteiger partial charge in [0.1, 0.15) is 6.61 Å². The first-order chi connectivity index (χ1) is 21.1. The molecule has 0 bridgehead atoms. The van der Waals surface area contributed by atoms with Crippen LogP contribution in [-0.2, 0) is 16.1 Å². The first-order valence-electron chi connectivity index (χ1n) is 14.2. The number of hydrogen-bond acceptors (Lipinski definition) is 7. The van der Waals surface area contributed by atoms with E-state index < -0.39 is 12.0 Å². The highest BCUT2D eigenvalue weighted by Gasteiger charge is 2.33. The summed E-state index contributed by atoms with van der Waals surface area (Å²) in [5, 5.41) is 0.657. The molecule has 0 N–H and O–H groups in total. The van der Waals surface area contributed by atoms with Crippen molar-refractivity contribution in [2.75, 3.05) is 13.7 Å². The molecule has 1 aromatic heterocycles. The monoisotopic (exact) mass is 694 g/mol. The van der Waals surface area contributed by atoms with E-state index in [2.05, 4.69) is 34.8 Å². The lowest BCUT2D eigenvalue weighted by Crippen LogP contribution is -2.39. The Morgan fingerprint density at radius 1 is 1.14 bits per heavy atom. The second-order valence-corrected chi connectivity index (χ2v) is 12.9. The summed E-state index contributed by atoms with van der Waals surface area (Å²) in [6.07, 6.45) is 1.79. The number of thiazole rings is 1. The Balaban J connectivity index is 1.57. The average molecular weight is 696 g/mol. The van der Waals surface area contributed by atoms with Crippen molar-refractivity contribution < 1.29 is 19.0 Å². The minimum Gasteiger partial charge on any atom is -0.493 e. The molecule has 1 aliphatic heterocycles. The van der Waals surface area contributed by atoms with Crippen molar-refractivity contribution >= 4 is 50.9 Å². The van der Waals surface area contributed by atoms with Gasteiger partial charge in [0.2, 0.25) is 0 Å². The van der Waals surface area contributed by atoms with Crippen molar-refractivity contribution in [3.63, 3.8) is 0 Å². The first kappa shape index (κ1) is 31.8. The van der Waals surface area contributed by atoms with Gasteiger partial charge in [-0.15, -0.1) is 0 Å². The lowest BCUT2D eigenvalue weighted by molar-refractivity contribution is -0.139. The number of halogens is 2. The highest BCUT2D eigenvalue weighted by Crippen LogP contribution is 2.37. The molecule has 44 heavy (non-hydrogen) atoms. The van der Waals surface area contributed by atoms with Gasteiger partial charge in [-0.2, -0.15) is 0 Å². The molecule has 0 saturated heterocycles. The third kappa shape index (κ3) is 6.55. The highest BCUT2D eigenvalue weighted by molar-refractivity contribution is 9.10. The van der Waals surface area contributed by atoms with Crippen LogP contribution in [0, 0.1) is 0 Å². The number of methoxy groups -OCH3 is 1. The van der Waals surface area contributed by atoms with Crippen molar-refractivity contribution in [3.05, 3.63) is 123 Å². The second kappa shape index (κ2) is 13.5. The van der Waals surface area contributed by atoms with Crippen LogP contribution in [0.3, 0.4) is 0 Å². The summed E-state index contributed by atoms with van der Waals surface area (Å²) in [6.45, 7) is 8.33. The van der Waals surface area contributed by atoms with Crippen LogP contribution in [0.15, 0.2) is 86.2 Å². The number of fused-ring (bicyclic) bond motifs is 1. The molecule has 228 valence electrons. The van der Waals surface area contributed by atoms with Gasteiger partial charge in [-0.1, -0.05) is 73.2 Å². The van der Waals surface area contributed by atoms with Crippen LogP contribution in [0.25, 0.3) is 6.08 Å². The van der Waals surface area contributed by atoms with Crippen LogP contribution in [0.1, 0.15) is 61.9 Å². The van der Waals surface area contributed by atoms with E-state index in [1.54, 1.807) is 31.6 Å². The van der Waals surface area contributed by atoms with Gasteiger partial charge in [0.05, 0.1) is 40.0 Å². The van der Waals surface area contributed by atoms with E-state index in [-0.39, 0.29) is 12.2 Å². The fraction of sp³-hybridized carbons (Fsp3) is 0.265. The number of carbonyl (C=O) groups is 1. The summed E-state index contributed by atoms with van der Waals surface area (Å²) in [4.78, 5) is 32.4. The highest BCUT2D eigenvalue weighted by atomic mass is 79.9. The van der Waals surface area contributed by atoms with E-state index in [9.17, 15) is 9.59 Å². The average Bonchev–Trinajstić information content (AvgIpc) is 3.30. The molecule has 0 saturated carbocycles. The number of benzene rings is 3. The maximum absolute atomic E-state index is 14.0. The molecule has 3 aromatic carbocycles. The molecule has 7 nitrogen and oxygen atoms in total. The van der Waals surface area contributed by atoms with Crippen molar-refractivity contribution in [2.24, 2.45) is 4.99 Å². The molecule has 5 rings (SSSR count). The SMILES string of the molecule is CCOC(=O)C1=C(C)N=c2s/c(=C\c3cc(Br)c(OCc4ccc(Cl)cc4)c(OC)c3)c(=O)n2[C@@H]1c1ccc(C(C)C)cc1. The quantitative estimate of drug-likeness (QED) is 0.178. The van der Waals surface area contributed by atoms with Crippen LogP contribution < -0.4 is 24.4 Å². The molecule has 0 amide bonds. The number of rotatable bonds is 9. The van der Waals surface area contributed by atoms with E-state index >= 15 is 0 Å². The largest absolute Gasteiger partial charge is 0.493 e. The predicted octanol–water partition coefficient (Wildman–Crippen LogP) is 6.93. The van der Waals surface area contributed by atoms with Crippen LogP contribution in [0.2, 0.25) is 5.02 Å². The number of carbonyl (C=O) groups excluding carboxylic acids is 1. The van der Waals surface area contributed by atoms with Crippen molar-refractivity contribution in [3.8, 4) is 11.5 Å².